The minimum atomic E-state index is -1.02. The number of amides is 1. The maximum atomic E-state index is 13.2. The highest BCUT2D eigenvalue weighted by Gasteiger charge is 2.29. The van der Waals surface area contributed by atoms with Crippen molar-refractivity contribution < 1.29 is 13.9 Å². The lowest BCUT2D eigenvalue weighted by Gasteiger charge is -2.32. The molecule has 19 heavy (non-hydrogen) atoms. The molecule has 2 rings (SSSR count). The fraction of sp³-hybridized carbons (Fsp3) is 0.462. The summed E-state index contributed by atoms with van der Waals surface area (Å²) < 4.78 is 18.3. The van der Waals surface area contributed by atoms with Crippen LogP contribution in [0.4, 0.5) is 9.18 Å². The molecule has 0 radical (unpaired) electrons. The highest BCUT2D eigenvalue weighted by molar-refractivity contribution is 5.85. The molecule has 0 unspecified atom stereocenters. The molecule has 4 nitrogen and oxygen atoms in total. The van der Waals surface area contributed by atoms with Gasteiger partial charge >= 0.3 is 6.09 Å². The molecule has 1 aromatic carbocycles. The zero-order valence-corrected chi connectivity index (χ0v) is 11.3. The largest absolute Gasteiger partial charge is 0.445 e. The number of nitrogens with two attached hydrogens (primary N) is 1. The van der Waals surface area contributed by atoms with Crippen LogP contribution < -0.4 is 5.73 Å². The predicted molar refractivity (Wildman–Crippen MR) is 72.9 cm³/mol. The van der Waals surface area contributed by atoms with E-state index in [0.29, 0.717) is 6.54 Å². The molecule has 0 bridgehead atoms. The molecule has 1 aliphatic heterocycles. The molecule has 1 saturated heterocycles. The average Bonchev–Trinajstić information content (AvgIpc) is 2.40. The van der Waals surface area contributed by atoms with Crippen molar-refractivity contribution in [1.82, 2.24) is 4.90 Å². The number of nitrogens with zero attached hydrogens (tertiary/aromatic N) is 1. The summed E-state index contributed by atoms with van der Waals surface area (Å²) in [6, 6.07) is 8.82. The van der Waals surface area contributed by atoms with Crippen LogP contribution in [0.25, 0.3) is 0 Å². The molecular formula is C13H18ClFN2O2. The van der Waals surface area contributed by atoms with Crippen LogP contribution in [0.15, 0.2) is 30.3 Å². The molecule has 2 N–H and O–H groups in total. The van der Waals surface area contributed by atoms with E-state index in [-0.39, 0.29) is 32.0 Å². The highest BCUT2D eigenvalue weighted by atomic mass is 35.5. The van der Waals surface area contributed by atoms with Gasteiger partial charge in [-0.3, -0.25) is 0 Å². The van der Waals surface area contributed by atoms with Crippen molar-refractivity contribution in [3.05, 3.63) is 35.9 Å². The van der Waals surface area contributed by atoms with Gasteiger partial charge in [0.05, 0.1) is 6.04 Å². The van der Waals surface area contributed by atoms with Gasteiger partial charge in [0.15, 0.2) is 0 Å². The van der Waals surface area contributed by atoms with Crippen LogP contribution in [0.1, 0.15) is 12.0 Å². The average molecular weight is 289 g/mol. The first kappa shape index (κ1) is 15.7. The van der Waals surface area contributed by atoms with Crippen molar-refractivity contribution >= 4 is 18.5 Å². The van der Waals surface area contributed by atoms with E-state index in [1.807, 2.05) is 30.3 Å². The summed E-state index contributed by atoms with van der Waals surface area (Å²) in [7, 11) is 0. The Labute approximate surface area is 118 Å². The summed E-state index contributed by atoms with van der Waals surface area (Å²) in [5.41, 5.74) is 6.52. The number of likely N-dealkylation sites (tertiary alicyclic amines) is 1. The maximum Gasteiger partial charge on any atom is 0.410 e. The summed E-state index contributed by atoms with van der Waals surface area (Å²) in [5, 5.41) is 0. The molecule has 106 valence electrons. The molecule has 0 saturated carbocycles. The van der Waals surface area contributed by atoms with Gasteiger partial charge in [-0.05, 0) is 12.0 Å². The SMILES string of the molecule is Cl.N[C@@H]1CN(C(=O)OCc2ccccc2)CC[C@H]1F. The van der Waals surface area contributed by atoms with E-state index in [9.17, 15) is 9.18 Å². The number of carbonyl (C=O) groups excluding carboxylic acids is 1. The number of hydrogen-bond acceptors (Lipinski definition) is 3. The first-order chi connectivity index (χ1) is 8.66. The van der Waals surface area contributed by atoms with Gasteiger partial charge in [0.2, 0.25) is 0 Å². The molecule has 2 atom stereocenters. The van der Waals surface area contributed by atoms with Gasteiger partial charge in [-0.25, -0.2) is 9.18 Å². The van der Waals surface area contributed by atoms with Gasteiger partial charge in [0.1, 0.15) is 12.8 Å². The van der Waals surface area contributed by atoms with Gasteiger partial charge in [0, 0.05) is 13.1 Å². The van der Waals surface area contributed by atoms with Crippen LogP contribution >= 0.6 is 12.4 Å². The number of carbonyl (C=O) groups is 1. The third kappa shape index (κ3) is 4.36. The minimum absolute atomic E-state index is 0. The Kier molecular flexibility index (Phi) is 6.05. The van der Waals surface area contributed by atoms with Gasteiger partial charge in [-0.15, -0.1) is 12.4 Å². The van der Waals surface area contributed by atoms with Crippen LogP contribution in [-0.4, -0.2) is 36.3 Å². The zero-order valence-electron chi connectivity index (χ0n) is 10.5. The monoisotopic (exact) mass is 288 g/mol. The number of hydrogen-bond donors (Lipinski definition) is 1. The van der Waals surface area contributed by atoms with Crippen molar-refractivity contribution in [3.8, 4) is 0 Å². The van der Waals surface area contributed by atoms with E-state index in [1.165, 1.54) is 4.90 Å². The van der Waals surface area contributed by atoms with Gasteiger partial charge in [0.25, 0.3) is 0 Å². The summed E-state index contributed by atoms with van der Waals surface area (Å²) in [4.78, 5) is 13.2. The first-order valence-electron chi connectivity index (χ1n) is 6.02. The molecule has 1 aromatic rings. The minimum Gasteiger partial charge on any atom is -0.445 e. The van der Waals surface area contributed by atoms with Crippen molar-refractivity contribution in [1.29, 1.82) is 0 Å². The number of halogens is 2. The molecule has 0 spiro atoms. The lowest BCUT2D eigenvalue weighted by molar-refractivity contribution is 0.0703. The van der Waals surface area contributed by atoms with Crippen LogP contribution in [-0.2, 0) is 11.3 Å². The normalized spacial score (nSPS) is 22.5. The number of piperidine rings is 1. The Morgan fingerprint density at radius 2 is 2.11 bits per heavy atom. The second-order valence-corrected chi connectivity index (χ2v) is 4.45. The Bertz CT molecular complexity index is 405. The zero-order chi connectivity index (χ0) is 13.0. The van der Waals surface area contributed by atoms with Crippen molar-refractivity contribution in [2.75, 3.05) is 13.1 Å². The molecule has 0 aromatic heterocycles. The summed E-state index contributed by atoms with van der Waals surface area (Å²) in [5.74, 6) is 0. The van der Waals surface area contributed by atoms with Crippen LogP contribution in [0, 0.1) is 0 Å². The Morgan fingerprint density at radius 3 is 2.74 bits per heavy atom. The molecule has 1 heterocycles. The van der Waals surface area contributed by atoms with Crippen molar-refractivity contribution in [2.24, 2.45) is 5.73 Å². The fourth-order valence-corrected chi connectivity index (χ4v) is 1.93. The summed E-state index contributed by atoms with van der Waals surface area (Å²) >= 11 is 0. The van der Waals surface area contributed by atoms with E-state index in [0.717, 1.165) is 5.56 Å². The van der Waals surface area contributed by atoms with Crippen LogP contribution in [0.5, 0.6) is 0 Å². The third-order valence-corrected chi connectivity index (χ3v) is 3.03. The molecule has 1 aliphatic rings. The topological polar surface area (TPSA) is 55.6 Å². The van der Waals surface area contributed by atoms with E-state index in [4.69, 9.17) is 10.5 Å². The second-order valence-electron chi connectivity index (χ2n) is 4.45. The molecule has 0 aliphatic carbocycles. The standard InChI is InChI=1S/C13H17FN2O2.ClH/c14-11-6-7-16(8-12(11)15)13(17)18-9-10-4-2-1-3-5-10;/h1-5,11-12H,6-9,15H2;1H/t11-,12-;/m1./s1. The lowest BCUT2D eigenvalue weighted by atomic mass is 10.1. The van der Waals surface area contributed by atoms with E-state index in [2.05, 4.69) is 0 Å². The smallest absolute Gasteiger partial charge is 0.410 e. The van der Waals surface area contributed by atoms with Gasteiger partial charge in [-0.1, -0.05) is 30.3 Å². The molecule has 6 heteroatoms. The summed E-state index contributed by atoms with van der Waals surface area (Å²) in [6.45, 7) is 0.807. The van der Waals surface area contributed by atoms with Gasteiger partial charge < -0.3 is 15.4 Å². The van der Waals surface area contributed by atoms with E-state index in [1.54, 1.807) is 0 Å². The van der Waals surface area contributed by atoms with Crippen molar-refractivity contribution in [2.45, 2.75) is 25.2 Å². The second kappa shape index (κ2) is 7.31. The molecule has 1 fully saturated rings. The fourth-order valence-electron chi connectivity index (χ4n) is 1.93. The summed E-state index contributed by atoms with van der Waals surface area (Å²) in [6.07, 6.45) is -1.17. The Morgan fingerprint density at radius 1 is 1.42 bits per heavy atom. The van der Waals surface area contributed by atoms with E-state index < -0.39 is 18.3 Å². The van der Waals surface area contributed by atoms with Gasteiger partial charge in [-0.2, -0.15) is 0 Å². The number of ether oxygens (including phenoxy) is 1. The number of benzene rings is 1. The first-order valence-corrected chi connectivity index (χ1v) is 6.02. The van der Waals surface area contributed by atoms with E-state index >= 15 is 0 Å². The van der Waals surface area contributed by atoms with Crippen LogP contribution in [0.3, 0.4) is 0 Å². The lowest BCUT2D eigenvalue weighted by Crippen LogP contribution is -2.51. The third-order valence-electron chi connectivity index (χ3n) is 3.03. The van der Waals surface area contributed by atoms with Crippen molar-refractivity contribution in [3.63, 3.8) is 0 Å². The number of rotatable bonds is 2. The maximum absolute atomic E-state index is 13.2. The van der Waals surface area contributed by atoms with Crippen LogP contribution in [0.2, 0.25) is 0 Å². The quantitative estimate of drug-likeness (QED) is 0.907. The predicted octanol–water partition coefficient (Wildman–Crippen LogP) is 2.12. The Hall–Kier alpha value is -1.33. The Balaban J connectivity index is 0.00000180. The molecular weight excluding hydrogens is 271 g/mol. The number of alkyl halides is 1. The highest BCUT2D eigenvalue weighted by Crippen LogP contribution is 2.14. The molecule has 1 amide bonds.